The summed E-state index contributed by atoms with van der Waals surface area (Å²) in [5, 5.41) is 0. The van der Waals surface area contributed by atoms with Gasteiger partial charge in [0.05, 0.1) is 12.7 Å². The highest BCUT2D eigenvalue weighted by Crippen LogP contribution is 2.16. The quantitative estimate of drug-likeness (QED) is 0.631. The highest BCUT2D eigenvalue weighted by atomic mass is 16.5. The Bertz CT molecular complexity index is 266. The van der Waals surface area contributed by atoms with Gasteiger partial charge in [-0.1, -0.05) is 19.6 Å². The summed E-state index contributed by atoms with van der Waals surface area (Å²) in [6.45, 7) is 1.53. The van der Waals surface area contributed by atoms with Gasteiger partial charge in [-0.2, -0.15) is 0 Å². The van der Waals surface area contributed by atoms with E-state index in [1.54, 1.807) is 19.2 Å². The van der Waals surface area contributed by atoms with Gasteiger partial charge in [0.1, 0.15) is 5.75 Å². The predicted octanol–water partition coefficient (Wildman–Crippen LogP) is 2.53. The minimum Gasteiger partial charge on any atom is -0.496 e. The maximum atomic E-state index is 10.9. The topological polar surface area (TPSA) is 26.3 Å². The molecule has 0 spiro atoms. The zero-order valence-electron chi connectivity index (χ0n) is 6.63. The molecule has 0 bridgehead atoms. The zero-order chi connectivity index (χ0) is 8.27. The summed E-state index contributed by atoms with van der Waals surface area (Å²) in [7, 11) is 1.56. The molecule has 0 radical (unpaired) electrons. The van der Waals surface area contributed by atoms with Crippen LogP contribution in [0, 0.1) is 0 Å². The number of hydrogen-bond donors (Lipinski definition) is 0. The summed E-state index contributed by atoms with van der Waals surface area (Å²) in [5.41, 5.74) is 0.634. The van der Waals surface area contributed by atoms with Crippen LogP contribution >= 0.6 is 0 Å². The van der Waals surface area contributed by atoms with Gasteiger partial charge < -0.3 is 4.74 Å². The first-order chi connectivity index (χ1) is 5.25. The first-order valence-corrected chi connectivity index (χ1v) is 3.39. The molecule has 0 N–H and O–H groups in total. The monoisotopic (exact) mass is 166 g/mol. The van der Waals surface area contributed by atoms with Crippen LogP contribution in [0.3, 0.4) is 0 Å². The third-order valence-electron chi connectivity index (χ3n) is 1.49. The van der Waals surface area contributed by atoms with Crippen molar-refractivity contribution in [3.05, 3.63) is 29.8 Å². The minimum absolute atomic E-state index is 0. The highest BCUT2D eigenvalue weighted by molar-refractivity contribution is 5.96. The lowest BCUT2D eigenvalue weighted by Crippen LogP contribution is -1.96. The van der Waals surface area contributed by atoms with E-state index < -0.39 is 0 Å². The summed E-state index contributed by atoms with van der Waals surface area (Å²) < 4.78 is 4.99. The van der Waals surface area contributed by atoms with Gasteiger partial charge in [0, 0.05) is 0 Å². The van der Waals surface area contributed by atoms with E-state index in [4.69, 9.17) is 4.74 Å². The molecule has 0 fully saturated rings. The standard InChI is InChI=1S/C9H10O2.CH4/c1-7(10)8-5-3-4-6-9(8)11-2;/h3-6H,1-2H3;1H4. The van der Waals surface area contributed by atoms with Gasteiger partial charge in [-0.3, -0.25) is 4.79 Å². The van der Waals surface area contributed by atoms with E-state index >= 15 is 0 Å². The highest BCUT2D eigenvalue weighted by Gasteiger charge is 2.04. The van der Waals surface area contributed by atoms with Crippen LogP contribution in [-0.2, 0) is 0 Å². The van der Waals surface area contributed by atoms with Crippen molar-refractivity contribution in [2.45, 2.75) is 14.4 Å². The van der Waals surface area contributed by atoms with Gasteiger partial charge in [-0.25, -0.2) is 0 Å². The average molecular weight is 166 g/mol. The van der Waals surface area contributed by atoms with Crippen LogP contribution in [0.25, 0.3) is 0 Å². The van der Waals surface area contributed by atoms with Gasteiger partial charge in [-0.05, 0) is 19.1 Å². The Morgan fingerprint density at radius 2 is 1.92 bits per heavy atom. The molecule has 0 aliphatic heterocycles. The average Bonchev–Trinajstić information content (AvgIpc) is 2.04. The molecule has 0 heterocycles. The molecule has 0 saturated carbocycles. The van der Waals surface area contributed by atoms with E-state index in [1.165, 1.54) is 6.92 Å². The molecule has 12 heavy (non-hydrogen) atoms. The molecule has 0 unspecified atom stereocenters. The van der Waals surface area contributed by atoms with Crippen LogP contribution in [0.4, 0.5) is 0 Å². The van der Waals surface area contributed by atoms with Crippen LogP contribution in [0.1, 0.15) is 24.7 Å². The summed E-state index contributed by atoms with van der Waals surface area (Å²) in [6, 6.07) is 7.18. The van der Waals surface area contributed by atoms with E-state index in [0.29, 0.717) is 11.3 Å². The van der Waals surface area contributed by atoms with Gasteiger partial charge in [-0.15, -0.1) is 0 Å². The van der Waals surface area contributed by atoms with Crippen molar-refractivity contribution < 1.29 is 9.53 Å². The third-order valence-corrected chi connectivity index (χ3v) is 1.49. The molecule has 1 rings (SSSR count). The van der Waals surface area contributed by atoms with Crippen molar-refractivity contribution in [1.29, 1.82) is 0 Å². The number of rotatable bonds is 2. The van der Waals surface area contributed by atoms with Crippen molar-refractivity contribution in [1.82, 2.24) is 0 Å². The van der Waals surface area contributed by atoms with Crippen LogP contribution in [0.5, 0.6) is 5.75 Å². The Morgan fingerprint density at radius 1 is 1.33 bits per heavy atom. The lowest BCUT2D eigenvalue weighted by molar-refractivity contribution is 0.101. The second kappa shape index (κ2) is 4.54. The molecule has 66 valence electrons. The maximum absolute atomic E-state index is 10.9. The molecule has 0 saturated heterocycles. The zero-order valence-corrected chi connectivity index (χ0v) is 6.63. The third kappa shape index (κ3) is 2.09. The molecular weight excluding hydrogens is 152 g/mol. The molecule has 0 aliphatic rings. The number of para-hydroxylation sites is 1. The number of hydrogen-bond acceptors (Lipinski definition) is 2. The largest absolute Gasteiger partial charge is 0.496 e. The molecule has 0 aliphatic carbocycles. The fourth-order valence-corrected chi connectivity index (χ4v) is 0.935. The van der Waals surface area contributed by atoms with Gasteiger partial charge >= 0.3 is 0 Å². The Balaban J connectivity index is 0.00000121. The van der Waals surface area contributed by atoms with Crippen molar-refractivity contribution in [3.8, 4) is 5.75 Å². The summed E-state index contributed by atoms with van der Waals surface area (Å²) in [6.07, 6.45) is 0. The molecule has 2 nitrogen and oxygen atoms in total. The lowest BCUT2D eigenvalue weighted by Gasteiger charge is -2.03. The summed E-state index contributed by atoms with van der Waals surface area (Å²) >= 11 is 0. The molecule has 2 heteroatoms. The number of benzene rings is 1. The normalized spacial score (nSPS) is 8.50. The first-order valence-electron chi connectivity index (χ1n) is 3.39. The van der Waals surface area contributed by atoms with Crippen LogP contribution in [0.2, 0.25) is 0 Å². The summed E-state index contributed by atoms with van der Waals surface area (Å²) in [4.78, 5) is 10.9. The van der Waals surface area contributed by atoms with E-state index in [2.05, 4.69) is 0 Å². The number of methoxy groups -OCH3 is 1. The van der Waals surface area contributed by atoms with Crippen LogP contribution in [-0.4, -0.2) is 12.9 Å². The number of carbonyl (C=O) groups is 1. The fraction of sp³-hybridized carbons (Fsp3) is 0.300. The van der Waals surface area contributed by atoms with Gasteiger partial charge in [0.2, 0.25) is 0 Å². The minimum atomic E-state index is 0. The Morgan fingerprint density at radius 3 is 2.33 bits per heavy atom. The number of ketones is 1. The molecule has 1 aromatic carbocycles. The smallest absolute Gasteiger partial charge is 0.163 e. The first kappa shape index (κ1) is 10.7. The SMILES string of the molecule is C.COc1ccccc1C(C)=O. The predicted molar refractivity (Wildman–Crippen MR) is 49.7 cm³/mol. The molecular formula is C10H14O2. The van der Waals surface area contributed by atoms with E-state index in [9.17, 15) is 4.79 Å². The second-order valence-electron chi connectivity index (χ2n) is 2.26. The number of Topliss-reactive ketones (excluding diaryl/α,β-unsaturated/α-hetero) is 1. The lowest BCUT2D eigenvalue weighted by atomic mass is 10.1. The fourth-order valence-electron chi connectivity index (χ4n) is 0.935. The number of ether oxygens (including phenoxy) is 1. The van der Waals surface area contributed by atoms with Crippen LogP contribution < -0.4 is 4.74 Å². The Labute approximate surface area is 73.2 Å². The van der Waals surface area contributed by atoms with Crippen molar-refractivity contribution in [2.75, 3.05) is 7.11 Å². The van der Waals surface area contributed by atoms with E-state index in [-0.39, 0.29) is 13.2 Å². The molecule has 0 atom stereocenters. The van der Waals surface area contributed by atoms with Gasteiger partial charge in [0.15, 0.2) is 5.78 Å². The van der Waals surface area contributed by atoms with Crippen molar-refractivity contribution in [3.63, 3.8) is 0 Å². The molecule has 0 aromatic heterocycles. The maximum Gasteiger partial charge on any atom is 0.163 e. The summed E-state index contributed by atoms with van der Waals surface area (Å²) in [5.74, 6) is 0.669. The molecule has 0 amide bonds. The van der Waals surface area contributed by atoms with E-state index in [0.717, 1.165) is 0 Å². The van der Waals surface area contributed by atoms with Crippen molar-refractivity contribution >= 4 is 5.78 Å². The van der Waals surface area contributed by atoms with Crippen LogP contribution in [0.15, 0.2) is 24.3 Å². The Hall–Kier alpha value is -1.31. The van der Waals surface area contributed by atoms with E-state index in [1.807, 2.05) is 12.1 Å². The van der Waals surface area contributed by atoms with Crippen molar-refractivity contribution in [2.24, 2.45) is 0 Å². The second-order valence-corrected chi connectivity index (χ2v) is 2.26. The number of carbonyl (C=O) groups excluding carboxylic acids is 1. The molecule has 1 aromatic rings. The Kier molecular flexibility index (Phi) is 4.05. The van der Waals surface area contributed by atoms with Gasteiger partial charge in [0.25, 0.3) is 0 Å².